The second-order valence-corrected chi connectivity index (χ2v) is 8.88. The Kier molecular flexibility index (Phi) is 7.28. The molecule has 0 aromatic heterocycles. The number of benzene rings is 2. The third-order valence-corrected chi connectivity index (χ3v) is 6.86. The van der Waals surface area contributed by atoms with Crippen LogP contribution in [0.4, 0.5) is 0 Å². The lowest BCUT2D eigenvalue weighted by atomic mass is 10.2. The molecule has 1 aliphatic heterocycles. The van der Waals surface area contributed by atoms with Gasteiger partial charge in [-0.1, -0.05) is 30.3 Å². The molecule has 0 saturated carbocycles. The molecule has 1 saturated heterocycles. The number of carbonyl (C=O) groups is 1. The van der Waals surface area contributed by atoms with Crippen LogP contribution in [0.3, 0.4) is 0 Å². The van der Waals surface area contributed by atoms with Crippen molar-refractivity contribution < 1.29 is 17.9 Å². The van der Waals surface area contributed by atoms with E-state index in [0.717, 1.165) is 11.3 Å². The minimum atomic E-state index is -3.55. The Morgan fingerprint density at radius 1 is 1.10 bits per heavy atom. The zero-order chi connectivity index (χ0) is 22.3. The van der Waals surface area contributed by atoms with E-state index >= 15 is 0 Å². The van der Waals surface area contributed by atoms with Crippen molar-refractivity contribution in [3.8, 4) is 11.8 Å². The van der Waals surface area contributed by atoms with E-state index in [2.05, 4.69) is 5.32 Å². The molecule has 0 spiro atoms. The summed E-state index contributed by atoms with van der Waals surface area (Å²) in [4.78, 5) is 14.4. The standard InChI is InChI=1S/C22H24N4O4S/c1-30-20-9-7-18(8-10-20)16-24-22(27)19(15-23)17-25-11-13-26(14-12-25)31(28,29)21-5-3-2-4-6-21/h2-10,17H,11-14,16H2,1H3,(H,24,27)/b19-17-. The van der Waals surface area contributed by atoms with Gasteiger partial charge in [0.05, 0.1) is 12.0 Å². The largest absolute Gasteiger partial charge is 0.497 e. The van der Waals surface area contributed by atoms with Crippen molar-refractivity contribution in [1.29, 1.82) is 5.26 Å². The van der Waals surface area contributed by atoms with Crippen LogP contribution in [0.25, 0.3) is 0 Å². The van der Waals surface area contributed by atoms with Gasteiger partial charge in [0, 0.05) is 38.9 Å². The van der Waals surface area contributed by atoms with Crippen molar-refractivity contribution in [3.63, 3.8) is 0 Å². The SMILES string of the molecule is COc1ccc(CNC(=O)/C(C#N)=C\N2CCN(S(=O)(=O)c3ccccc3)CC2)cc1. The van der Waals surface area contributed by atoms with Crippen molar-refractivity contribution >= 4 is 15.9 Å². The van der Waals surface area contributed by atoms with Gasteiger partial charge in [0.25, 0.3) is 5.91 Å². The second-order valence-electron chi connectivity index (χ2n) is 6.94. The van der Waals surface area contributed by atoms with Gasteiger partial charge < -0.3 is 15.0 Å². The van der Waals surface area contributed by atoms with Crippen LogP contribution < -0.4 is 10.1 Å². The topological polar surface area (TPSA) is 103 Å². The highest BCUT2D eigenvalue weighted by Gasteiger charge is 2.28. The summed E-state index contributed by atoms with van der Waals surface area (Å²) < 4.78 is 31.9. The molecular weight excluding hydrogens is 416 g/mol. The van der Waals surface area contributed by atoms with E-state index in [9.17, 15) is 18.5 Å². The van der Waals surface area contributed by atoms with Gasteiger partial charge in [0.15, 0.2) is 0 Å². The highest BCUT2D eigenvalue weighted by atomic mass is 32.2. The van der Waals surface area contributed by atoms with Gasteiger partial charge in [0.2, 0.25) is 10.0 Å². The lowest BCUT2D eigenvalue weighted by molar-refractivity contribution is -0.117. The zero-order valence-corrected chi connectivity index (χ0v) is 18.0. The number of ether oxygens (including phenoxy) is 1. The average molecular weight is 441 g/mol. The smallest absolute Gasteiger partial charge is 0.263 e. The number of amides is 1. The Bertz CT molecular complexity index is 1070. The van der Waals surface area contributed by atoms with Gasteiger partial charge in [-0.15, -0.1) is 0 Å². The Hall–Kier alpha value is -3.35. The molecule has 162 valence electrons. The van der Waals surface area contributed by atoms with Crippen LogP contribution in [0.5, 0.6) is 5.75 Å². The second kappa shape index (κ2) is 10.1. The third kappa shape index (κ3) is 5.63. The molecule has 0 bridgehead atoms. The number of nitrogens with one attached hydrogen (secondary N) is 1. The van der Waals surface area contributed by atoms with Crippen LogP contribution in [0.15, 0.2) is 71.3 Å². The minimum Gasteiger partial charge on any atom is -0.497 e. The molecule has 9 heteroatoms. The maximum Gasteiger partial charge on any atom is 0.263 e. The summed E-state index contributed by atoms with van der Waals surface area (Å²) in [5, 5.41) is 12.1. The highest BCUT2D eigenvalue weighted by molar-refractivity contribution is 7.89. The normalized spacial score (nSPS) is 15.2. The van der Waals surface area contributed by atoms with Crippen molar-refractivity contribution in [2.75, 3.05) is 33.3 Å². The first-order valence-corrected chi connectivity index (χ1v) is 11.2. The molecule has 1 amide bonds. The Balaban J connectivity index is 1.57. The van der Waals surface area contributed by atoms with E-state index in [1.54, 1.807) is 54.5 Å². The first kappa shape index (κ1) is 22.3. The predicted octanol–water partition coefficient (Wildman–Crippen LogP) is 1.73. The van der Waals surface area contributed by atoms with Gasteiger partial charge in [-0.3, -0.25) is 4.79 Å². The number of carbonyl (C=O) groups excluding carboxylic acids is 1. The van der Waals surface area contributed by atoms with Crippen LogP contribution >= 0.6 is 0 Å². The summed E-state index contributed by atoms with van der Waals surface area (Å²) in [6, 6.07) is 17.5. The fraction of sp³-hybridized carbons (Fsp3) is 0.273. The number of nitriles is 1. The quantitative estimate of drug-likeness (QED) is 0.520. The molecule has 0 atom stereocenters. The van der Waals surface area contributed by atoms with E-state index in [-0.39, 0.29) is 30.1 Å². The molecule has 2 aromatic rings. The number of hydrogen-bond acceptors (Lipinski definition) is 6. The van der Waals surface area contributed by atoms with E-state index < -0.39 is 15.9 Å². The lowest BCUT2D eigenvalue weighted by Gasteiger charge is -2.33. The molecule has 1 heterocycles. The minimum absolute atomic E-state index is 0.0205. The van der Waals surface area contributed by atoms with Gasteiger partial charge in [-0.2, -0.15) is 9.57 Å². The molecule has 3 rings (SSSR count). The summed E-state index contributed by atoms with van der Waals surface area (Å²) in [5.74, 6) is 0.249. The molecule has 31 heavy (non-hydrogen) atoms. The molecular formula is C22H24N4O4S. The van der Waals surface area contributed by atoms with E-state index in [1.807, 2.05) is 18.2 Å². The first-order valence-electron chi connectivity index (χ1n) is 9.76. The third-order valence-electron chi connectivity index (χ3n) is 4.94. The molecule has 1 N–H and O–H groups in total. The van der Waals surface area contributed by atoms with Gasteiger partial charge in [-0.05, 0) is 29.8 Å². The Morgan fingerprint density at radius 3 is 2.32 bits per heavy atom. The van der Waals surface area contributed by atoms with Crippen molar-refractivity contribution in [2.24, 2.45) is 0 Å². The Morgan fingerprint density at radius 2 is 1.74 bits per heavy atom. The van der Waals surface area contributed by atoms with E-state index in [0.29, 0.717) is 13.1 Å². The number of nitrogens with zero attached hydrogens (tertiary/aromatic N) is 3. The van der Waals surface area contributed by atoms with Crippen LogP contribution in [-0.2, 0) is 21.4 Å². The zero-order valence-electron chi connectivity index (χ0n) is 17.2. The maximum absolute atomic E-state index is 12.7. The molecule has 0 aliphatic carbocycles. The summed E-state index contributed by atoms with van der Waals surface area (Å²) in [6.45, 7) is 1.62. The molecule has 8 nitrogen and oxygen atoms in total. The van der Waals surface area contributed by atoms with Crippen LogP contribution in [0.2, 0.25) is 0 Å². The average Bonchev–Trinajstić information content (AvgIpc) is 2.82. The van der Waals surface area contributed by atoms with Crippen LogP contribution in [-0.4, -0.2) is 56.8 Å². The molecule has 2 aromatic carbocycles. The van der Waals surface area contributed by atoms with Crippen molar-refractivity contribution in [2.45, 2.75) is 11.4 Å². The summed E-state index contributed by atoms with van der Waals surface area (Å²) in [5.41, 5.74) is 0.860. The number of piperazine rings is 1. The lowest BCUT2D eigenvalue weighted by Crippen LogP contribution is -2.47. The maximum atomic E-state index is 12.7. The highest BCUT2D eigenvalue weighted by Crippen LogP contribution is 2.17. The van der Waals surface area contributed by atoms with E-state index in [1.165, 1.54) is 10.5 Å². The molecule has 1 aliphatic rings. The molecule has 0 radical (unpaired) electrons. The van der Waals surface area contributed by atoms with Crippen LogP contribution in [0, 0.1) is 11.3 Å². The summed E-state index contributed by atoms with van der Waals surface area (Å²) >= 11 is 0. The fourth-order valence-electron chi connectivity index (χ4n) is 3.16. The van der Waals surface area contributed by atoms with Crippen LogP contribution in [0.1, 0.15) is 5.56 Å². The number of hydrogen-bond donors (Lipinski definition) is 1. The van der Waals surface area contributed by atoms with E-state index in [4.69, 9.17) is 4.74 Å². The summed E-state index contributed by atoms with van der Waals surface area (Å²) in [6.07, 6.45) is 1.50. The number of rotatable bonds is 7. The summed E-state index contributed by atoms with van der Waals surface area (Å²) in [7, 11) is -1.97. The van der Waals surface area contributed by atoms with Gasteiger partial charge in [0.1, 0.15) is 17.4 Å². The predicted molar refractivity (Wildman–Crippen MR) is 115 cm³/mol. The monoisotopic (exact) mass is 440 g/mol. The Labute approximate surface area is 182 Å². The van der Waals surface area contributed by atoms with Crippen molar-refractivity contribution in [3.05, 3.63) is 71.9 Å². The molecule has 1 fully saturated rings. The number of methoxy groups -OCH3 is 1. The van der Waals surface area contributed by atoms with Crippen molar-refractivity contribution in [1.82, 2.24) is 14.5 Å². The van der Waals surface area contributed by atoms with Gasteiger partial charge in [-0.25, -0.2) is 8.42 Å². The number of sulfonamides is 1. The first-order chi connectivity index (χ1) is 14.9. The molecule has 0 unspecified atom stereocenters. The fourth-order valence-corrected chi connectivity index (χ4v) is 4.60. The van der Waals surface area contributed by atoms with Gasteiger partial charge >= 0.3 is 0 Å².